The molecule has 0 saturated heterocycles. The van der Waals surface area contributed by atoms with E-state index in [-0.39, 0.29) is 16.5 Å². The Bertz CT molecular complexity index is 1080. The molecule has 1 atom stereocenters. The van der Waals surface area contributed by atoms with Gasteiger partial charge in [-0.1, -0.05) is 11.6 Å². The average molecular weight is 389 g/mol. The van der Waals surface area contributed by atoms with Crippen LogP contribution < -0.4 is 10.3 Å². The summed E-state index contributed by atoms with van der Waals surface area (Å²) in [7, 11) is 3.30. The molecule has 1 amide bonds. The number of benzene rings is 2. The van der Waals surface area contributed by atoms with E-state index in [1.165, 1.54) is 29.2 Å². The fraction of sp³-hybridized carbons (Fsp3) is 0.200. The molecular formula is C20H18ClFN2O3. The van der Waals surface area contributed by atoms with Crippen LogP contribution in [0.25, 0.3) is 22.0 Å². The molecule has 5 nitrogen and oxygen atoms in total. The van der Waals surface area contributed by atoms with E-state index < -0.39 is 11.9 Å². The zero-order chi connectivity index (χ0) is 19.7. The summed E-state index contributed by atoms with van der Waals surface area (Å²) in [5.74, 6) is -0.174. The molecule has 3 rings (SSSR count). The number of hydrogen-bond acceptors (Lipinski definition) is 3. The number of H-pyrrole nitrogens is 1. The monoisotopic (exact) mass is 388 g/mol. The van der Waals surface area contributed by atoms with E-state index in [4.69, 9.17) is 16.3 Å². The molecule has 3 aromatic rings. The zero-order valence-electron chi connectivity index (χ0n) is 15.0. The lowest BCUT2D eigenvalue weighted by atomic mass is 10.0. The number of nitrogens with one attached hydrogen (secondary N) is 1. The molecule has 1 N–H and O–H groups in total. The van der Waals surface area contributed by atoms with Crippen LogP contribution in [0.4, 0.5) is 4.39 Å². The number of amides is 1. The highest BCUT2D eigenvalue weighted by Gasteiger charge is 2.17. The van der Waals surface area contributed by atoms with E-state index in [0.717, 1.165) is 5.39 Å². The number of carbonyl (C=O) groups excluding carboxylic acids is 1. The summed E-state index contributed by atoms with van der Waals surface area (Å²) in [4.78, 5) is 28.3. The van der Waals surface area contributed by atoms with Crippen LogP contribution in [0.3, 0.4) is 0 Å². The summed E-state index contributed by atoms with van der Waals surface area (Å²) in [6.45, 7) is 1.66. The molecule has 0 fully saturated rings. The van der Waals surface area contributed by atoms with Crippen LogP contribution in [0.1, 0.15) is 6.92 Å². The van der Waals surface area contributed by atoms with E-state index in [0.29, 0.717) is 22.4 Å². The minimum absolute atomic E-state index is 0.171. The first-order chi connectivity index (χ1) is 12.8. The molecule has 140 valence electrons. The maximum atomic E-state index is 13.4. The third-order valence-electron chi connectivity index (χ3n) is 4.14. The number of carbonyl (C=O) groups is 1. The Morgan fingerprint density at radius 3 is 2.56 bits per heavy atom. The van der Waals surface area contributed by atoms with Crippen molar-refractivity contribution in [2.75, 3.05) is 14.1 Å². The lowest BCUT2D eigenvalue weighted by Gasteiger charge is -2.18. The smallest absolute Gasteiger partial charge is 0.262 e. The van der Waals surface area contributed by atoms with Crippen molar-refractivity contribution < 1.29 is 13.9 Å². The maximum absolute atomic E-state index is 13.4. The molecule has 27 heavy (non-hydrogen) atoms. The summed E-state index contributed by atoms with van der Waals surface area (Å²) in [5, 5.41) is 0.939. The number of pyridine rings is 1. The second kappa shape index (κ2) is 7.40. The van der Waals surface area contributed by atoms with Gasteiger partial charge in [0.05, 0.1) is 10.5 Å². The number of likely N-dealkylation sites (N-methyl/N-ethyl adjacent to an activating group) is 1. The van der Waals surface area contributed by atoms with E-state index >= 15 is 0 Å². The highest BCUT2D eigenvalue weighted by Crippen LogP contribution is 2.33. The van der Waals surface area contributed by atoms with Crippen LogP contribution >= 0.6 is 11.6 Å². The number of nitrogens with zero attached hydrogens (tertiary/aromatic N) is 1. The fourth-order valence-corrected chi connectivity index (χ4v) is 3.13. The van der Waals surface area contributed by atoms with Gasteiger partial charge in [-0.3, -0.25) is 9.59 Å². The molecule has 0 spiro atoms. The van der Waals surface area contributed by atoms with E-state index in [1.807, 2.05) is 0 Å². The molecule has 0 aliphatic rings. The normalized spacial score (nSPS) is 12.0. The molecule has 0 aliphatic carbocycles. The molecule has 0 saturated carbocycles. The number of fused-ring (bicyclic) bond motifs is 1. The van der Waals surface area contributed by atoms with Crippen LogP contribution in [0.5, 0.6) is 5.75 Å². The Morgan fingerprint density at radius 1 is 1.15 bits per heavy atom. The largest absolute Gasteiger partial charge is 0.481 e. The van der Waals surface area contributed by atoms with Crippen LogP contribution in [0.15, 0.2) is 47.3 Å². The predicted octanol–water partition coefficient (Wildman–Crippen LogP) is 3.84. The van der Waals surface area contributed by atoms with Crippen molar-refractivity contribution in [3.05, 3.63) is 63.7 Å². The van der Waals surface area contributed by atoms with Gasteiger partial charge in [-0.05, 0) is 42.8 Å². The van der Waals surface area contributed by atoms with Crippen molar-refractivity contribution in [3.63, 3.8) is 0 Å². The SMILES string of the molecule is C[C@@H](Oc1ccc2c(-c3ccc(F)cc3Cl)cc(=O)[nH]c2c1)C(=O)N(C)C. The van der Waals surface area contributed by atoms with Crippen LogP contribution in [0.2, 0.25) is 5.02 Å². The Balaban J connectivity index is 2.06. The quantitative estimate of drug-likeness (QED) is 0.738. The van der Waals surface area contributed by atoms with Gasteiger partial charge in [0, 0.05) is 37.2 Å². The summed E-state index contributed by atoms with van der Waals surface area (Å²) >= 11 is 6.16. The topological polar surface area (TPSA) is 62.4 Å². The van der Waals surface area contributed by atoms with Gasteiger partial charge in [0.1, 0.15) is 11.6 Å². The molecule has 7 heteroatoms. The highest BCUT2D eigenvalue weighted by atomic mass is 35.5. The third kappa shape index (κ3) is 3.95. The first-order valence-electron chi connectivity index (χ1n) is 8.26. The van der Waals surface area contributed by atoms with Crippen molar-refractivity contribution in [3.8, 4) is 16.9 Å². The van der Waals surface area contributed by atoms with Gasteiger partial charge in [0.15, 0.2) is 6.10 Å². The molecule has 0 unspecified atom stereocenters. The fourth-order valence-electron chi connectivity index (χ4n) is 2.86. The number of rotatable bonds is 4. The van der Waals surface area contributed by atoms with Gasteiger partial charge in [-0.25, -0.2) is 4.39 Å². The summed E-state index contributed by atoms with van der Waals surface area (Å²) in [6, 6.07) is 10.6. The van der Waals surface area contributed by atoms with Gasteiger partial charge in [0.2, 0.25) is 5.56 Å². The standard InChI is InChI=1S/C20H18ClFN2O3/c1-11(20(26)24(2)3)27-13-5-7-15-16(10-19(25)23-18(15)9-13)14-6-4-12(22)8-17(14)21/h4-11H,1-3H3,(H,23,25)/t11-/m1/s1. The van der Waals surface area contributed by atoms with Crippen molar-refractivity contribution in [1.82, 2.24) is 9.88 Å². The van der Waals surface area contributed by atoms with Crippen molar-refractivity contribution in [1.29, 1.82) is 0 Å². The number of aromatic amines is 1. The molecule has 2 aromatic carbocycles. The van der Waals surface area contributed by atoms with Crippen molar-refractivity contribution >= 4 is 28.4 Å². The van der Waals surface area contributed by atoms with E-state index in [9.17, 15) is 14.0 Å². The zero-order valence-corrected chi connectivity index (χ0v) is 15.8. The molecular weight excluding hydrogens is 371 g/mol. The summed E-state index contributed by atoms with van der Waals surface area (Å²) in [5.41, 5.74) is 1.34. The lowest BCUT2D eigenvalue weighted by molar-refractivity contribution is -0.135. The Hall–Kier alpha value is -2.86. The molecule has 0 aliphatic heterocycles. The number of ether oxygens (including phenoxy) is 1. The van der Waals surface area contributed by atoms with Gasteiger partial charge < -0.3 is 14.6 Å². The first-order valence-corrected chi connectivity index (χ1v) is 8.64. The second-order valence-corrected chi connectivity index (χ2v) is 6.78. The maximum Gasteiger partial charge on any atom is 0.262 e. The van der Waals surface area contributed by atoms with Crippen molar-refractivity contribution in [2.24, 2.45) is 0 Å². The average Bonchev–Trinajstić information content (AvgIpc) is 2.60. The van der Waals surface area contributed by atoms with Gasteiger partial charge in [0.25, 0.3) is 5.91 Å². The number of hydrogen-bond donors (Lipinski definition) is 1. The minimum atomic E-state index is -0.668. The van der Waals surface area contributed by atoms with Crippen LogP contribution in [-0.2, 0) is 4.79 Å². The highest BCUT2D eigenvalue weighted by molar-refractivity contribution is 6.33. The van der Waals surface area contributed by atoms with E-state index in [1.54, 1.807) is 39.2 Å². The number of aromatic nitrogens is 1. The van der Waals surface area contributed by atoms with Crippen LogP contribution in [-0.4, -0.2) is 36.0 Å². The molecule has 0 radical (unpaired) electrons. The molecule has 1 heterocycles. The van der Waals surface area contributed by atoms with Crippen LogP contribution in [0, 0.1) is 5.82 Å². The van der Waals surface area contributed by atoms with Gasteiger partial charge in [-0.15, -0.1) is 0 Å². The lowest BCUT2D eigenvalue weighted by Crippen LogP contribution is -2.35. The van der Waals surface area contributed by atoms with Crippen molar-refractivity contribution in [2.45, 2.75) is 13.0 Å². The summed E-state index contributed by atoms with van der Waals surface area (Å²) in [6.07, 6.45) is -0.668. The predicted molar refractivity (Wildman–Crippen MR) is 104 cm³/mol. The molecule has 0 bridgehead atoms. The minimum Gasteiger partial charge on any atom is -0.481 e. The first kappa shape index (κ1) is 18.9. The number of halogens is 2. The van der Waals surface area contributed by atoms with Gasteiger partial charge >= 0.3 is 0 Å². The Labute approximate surface area is 160 Å². The Kier molecular flexibility index (Phi) is 5.19. The third-order valence-corrected chi connectivity index (χ3v) is 4.45. The molecule has 1 aromatic heterocycles. The van der Waals surface area contributed by atoms with E-state index in [2.05, 4.69) is 4.98 Å². The van der Waals surface area contributed by atoms with Gasteiger partial charge in [-0.2, -0.15) is 0 Å². The Morgan fingerprint density at radius 2 is 1.89 bits per heavy atom. The summed E-state index contributed by atoms with van der Waals surface area (Å²) < 4.78 is 19.0. The second-order valence-electron chi connectivity index (χ2n) is 6.37.